The Labute approximate surface area is 119 Å². The third-order valence-electron chi connectivity index (χ3n) is 2.61. The molecule has 2 aromatic rings. The Bertz CT molecular complexity index is 590. The number of imidazole rings is 1. The molecule has 4 nitrogen and oxygen atoms in total. The molecule has 0 saturated heterocycles. The van der Waals surface area contributed by atoms with Crippen molar-refractivity contribution in [1.29, 1.82) is 0 Å². The van der Waals surface area contributed by atoms with E-state index in [9.17, 15) is 4.79 Å². The lowest BCUT2D eigenvalue weighted by atomic mass is 10.1. The lowest BCUT2D eigenvalue weighted by molar-refractivity contribution is 0.0601. The molecule has 0 atom stereocenters. The summed E-state index contributed by atoms with van der Waals surface area (Å²) in [5, 5.41) is 0. The highest BCUT2D eigenvalue weighted by molar-refractivity contribution is 14.1. The molecule has 5 heteroatoms. The Hall–Kier alpha value is -1.11. The first kappa shape index (κ1) is 13.3. The fraction of sp³-hybridized carbons (Fsp3) is 0.385. The Kier molecular flexibility index (Phi) is 3.89. The van der Waals surface area contributed by atoms with Crippen molar-refractivity contribution in [2.45, 2.75) is 20.3 Å². The van der Waals surface area contributed by atoms with Gasteiger partial charge >= 0.3 is 5.97 Å². The number of hydrogen-bond acceptors (Lipinski definition) is 3. The maximum absolute atomic E-state index is 11.5. The molecular weight excluding hydrogens is 343 g/mol. The van der Waals surface area contributed by atoms with Crippen LogP contribution in [0, 0.1) is 9.49 Å². The van der Waals surface area contributed by atoms with E-state index in [-0.39, 0.29) is 5.97 Å². The van der Waals surface area contributed by atoms with Crippen LogP contribution in [0.25, 0.3) is 11.0 Å². The van der Waals surface area contributed by atoms with Gasteiger partial charge in [-0.2, -0.15) is 0 Å². The summed E-state index contributed by atoms with van der Waals surface area (Å²) in [6.07, 6.45) is 0.901. The van der Waals surface area contributed by atoms with Gasteiger partial charge in [0.2, 0.25) is 0 Å². The largest absolute Gasteiger partial charge is 0.465 e. The first-order valence-electron chi connectivity index (χ1n) is 5.77. The van der Waals surface area contributed by atoms with Crippen LogP contribution in [0.5, 0.6) is 0 Å². The number of carbonyl (C=O) groups excluding carboxylic acids is 1. The summed E-state index contributed by atoms with van der Waals surface area (Å²) in [5.41, 5.74) is 2.35. The number of carbonyl (C=O) groups is 1. The van der Waals surface area contributed by atoms with E-state index >= 15 is 0 Å². The summed E-state index contributed by atoms with van der Waals surface area (Å²) in [6.45, 7) is 4.30. The number of methoxy groups -OCH3 is 1. The maximum atomic E-state index is 11.5. The van der Waals surface area contributed by atoms with Crippen molar-refractivity contribution in [3.05, 3.63) is 27.1 Å². The standard InChI is InChI=1S/C13H15IN2O2/c1-7(2)4-11-15-10-6-8(13(17)18-3)5-9(14)12(10)16-11/h5-7H,4H2,1-3H3,(H,15,16). The van der Waals surface area contributed by atoms with Gasteiger partial charge in [-0.1, -0.05) is 13.8 Å². The Morgan fingerprint density at radius 3 is 2.83 bits per heavy atom. The minimum Gasteiger partial charge on any atom is -0.465 e. The van der Waals surface area contributed by atoms with Crippen LogP contribution in [0.15, 0.2) is 12.1 Å². The molecule has 96 valence electrons. The maximum Gasteiger partial charge on any atom is 0.337 e. The predicted molar refractivity (Wildman–Crippen MR) is 78.7 cm³/mol. The molecule has 1 aromatic carbocycles. The summed E-state index contributed by atoms with van der Waals surface area (Å²) >= 11 is 2.19. The van der Waals surface area contributed by atoms with Crippen molar-refractivity contribution in [1.82, 2.24) is 9.97 Å². The molecule has 0 aliphatic carbocycles. The van der Waals surface area contributed by atoms with E-state index in [0.717, 1.165) is 26.8 Å². The zero-order valence-electron chi connectivity index (χ0n) is 10.6. The average molecular weight is 358 g/mol. The smallest absolute Gasteiger partial charge is 0.337 e. The topological polar surface area (TPSA) is 55.0 Å². The molecule has 0 aliphatic rings. The highest BCUT2D eigenvalue weighted by Gasteiger charge is 2.13. The molecule has 0 saturated carbocycles. The van der Waals surface area contributed by atoms with Gasteiger partial charge < -0.3 is 9.72 Å². The van der Waals surface area contributed by atoms with E-state index < -0.39 is 0 Å². The summed E-state index contributed by atoms with van der Waals surface area (Å²) in [6, 6.07) is 3.59. The normalized spacial score (nSPS) is 11.2. The van der Waals surface area contributed by atoms with Gasteiger partial charge in [0.25, 0.3) is 0 Å². The van der Waals surface area contributed by atoms with E-state index in [1.807, 2.05) is 0 Å². The number of nitrogens with one attached hydrogen (secondary N) is 1. The molecule has 0 amide bonds. The molecule has 2 rings (SSSR count). The molecular formula is C13H15IN2O2. The molecule has 18 heavy (non-hydrogen) atoms. The van der Waals surface area contributed by atoms with Gasteiger partial charge in [-0.3, -0.25) is 0 Å². The molecule has 0 spiro atoms. The van der Waals surface area contributed by atoms with E-state index in [4.69, 9.17) is 4.74 Å². The summed E-state index contributed by atoms with van der Waals surface area (Å²) in [7, 11) is 1.39. The van der Waals surface area contributed by atoms with E-state index in [0.29, 0.717) is 11.5 Å². The Morgan fingerprint density at radius 2 is 2.22 bits per heavy atom. The number of nitrogens with zero attached hydrogens (tertiary/aromatic N) is 1. The fourth-order valence-electron chi connectivity index (χ4n) is 1.85. The second kappa shape index (κ2) is 5.26. The number of ether oxygens (including phenoxy) is 1. The van der Waals surface area contributed by atoms with Crippen molar-refractivity contribution < 1.29 is 9.53 Å². The highest BCUT2D eigenvalue weighted by atomic mass is 127. The van der Waals surface area contributed by atoms with E-state index in [1.54, 1.807) is 12.1 Å². The van der Waals surface area contributed by atoms with Gasteiger partial charge in [-0.05, 0) is 40.6 Å². The molecule has 0 fully saturated rings. The molecule has 1 N–H and O–H groups in total. The van der Waals surface area contributed by atoms with Crippen molar-refractivity contribution in [2.75, 3.05) is 7.11 Å². The van der Waals surface area contributed by atoms with Gasteiger partial charge in [0.05, 0.1) is 18.2 Å². The second-order valence-electron chi connectivity index (χ2n) is 4.63. The van der Waals surface area contributed by atoms with Crippen LogP contribution >= 0.6 is 22.6 Å². The Balaban J connectivity index is 2.48. The van der Waals surface area contributed by atoms with Gasteiger partial charge in [-0.15, -0.1) is 0 Å². The molecule has 1 heterocycles. The summed E-state index contributed by atoms with van der Waals surface area (Å²) in [4.78, 5) is 19.4. The number of halogens is 1. The number of rotatable bonds is 3. The number of benzene rings is 1. The van der Waals surface area contributed by atoms with Crippen LogP contribution in [0.3, 0.4) is 0 Å². The number of esters is 1. The minimum absolute atomic E-state index is 0.324. The van der Waals surface area contributed by atoms with Crippen LogP contribution in [-0.2, 0) is 11.2 Å². The molecule has 0 bridgehead atoms. The SMILES string of the molecule is COC(=O)c1cc(I)c2nc(CC(C)C)[nH]c2c1. The first-order chi connectivity index (χ1) is 8.51. The number of fused-ring (bicyclic) bond motifs is 1. The summed E-state index contributed by atoms with van der Waals surface area (Å²) in [5.74, 6) is 1.18. The fourth-order valence-corrected chi connectivity index (χ4v) is 2.59. The van der Waals surface area contributed by atoms with Crippen molar-refractivity contribution in [3.8, 4) is 0 Å². The number of aromatic amines is 1. The first-order valence-corrected chi connectivity index (χ1v) is 6.85. The van der Waals surface area contributed by atoms with Crippen molar-refractivity contribution in [3.63, 3.8) is 0 Å². The number of aromatic nitrogens is 2. The minimum atomic E-state index is -0.324. The van der Waals surface area contributed by atoms with E-state index in [1.165, 1.54) is 7.11 Å². The van der Waals surface area contributed by atoms with Gasteiger partial charge in [0.1, 0.15) is 11.3 Å². The zero-order valence-corrected chi connectivity index (χ0v) is 12.7. The van der Waals surface area contributed by atoms with Gasteiger partial charge in [0.15, 0.2) is 0 Å². The lowest BCUT2D eigenvalue weighted by Gasteiger charge is -2.00. The van der Waals surface area contributed by atoms with Gasteiger partial charge in [0, 0.05) is 9.99 Å². The third-order valence-corrected chi connectivity index (χ3v) is 3.43. The average Bonchev–Trinajstić information content (AvgIpc) is 2.69. The molecule has 0 aliphatic heterocycles. The lowest BCUT2D eigenvalue weighted by Crippen LogP contribution is -2.01. The monoisotopic (exact) mass is 358 g/mol. The summed E-state index contributed by atoms with van der Waals surface area (Å²) < 4.78 is 5.69. The number of H-pyrrole nitrogens is 1. The molecule has 0 unspecified atom stereocenters. The van der Waals surface area contributed by atoms with Crippen molar-refractivity contribution >= 4 is 39.6 Å². The van der Waals surface area contributed by atoms with E-state index in [2.05, 4.69) is 46.4 Å². The van der Waals surface area contributed by atoms with Gasteiger partial charge in [-0.25, -0.2) is 9.78 Å². The van der Waals surface area contributed by atoms with Crippen molar-refractivity contribution in [2.24, 2.45) is 5.92 Å². The van der Waals surface area contributed by atoms with Crippen LogP contribution in [0.4, 0.5) is 0 Å². The van der Waals surface area contributed by atoms with Crippen LogP contribution in [0.1, 0.15) is 30.0 Å². The zero-order chi connectivity index (χ0) is 13.3. The van der Waals surface area contributed by atoms with Crippen LogP contribution in [-0.4, -0.2) is 23.0 Å². The quantitative estimate of drug-likeness (QED) is 0.678. The molecule has 0 radical (unpaired) electrons. The predicted octanol–water partition coefficient (Wildman–Crippen LogP) is 3.15. The molecule has 1 aromatic heterocycles. The van der Waals surface area contributed by atoms with Crippen LogP contribution in [0.2, 0.25) is 0 Å². The van der Waals surface area contributed by atoms with Crippen LogP contribution < -0.4 is 0 Å². The highest BCUT2D eigenvalue weighted by Crippen LogP contribution is 2.22. The second-order valence-corrected chi connectivity index (χ2v) is 5.79. The third kappa shape index (κ3) is 2.66. The Morgan fingerprint density at radius 1 is 1.50 bits per heavy atom. The number of hydrogen-bond donors (Lipinski definition) is 1.